The van der Waals surface area contributed by atoms with Gasteiger partial charge in [0.2, 0.25) is 5.91 Å². The van der Waals surface area contributed by atoms with Gasteiger partial charge in [0.15, 0.2) is 5.78 Å². The normalized spacial score (nSPS) is 21.9. The van der Waals surface area contributed by atoms with E-state index in [1.807, 2.05) is 0 Å². The van der Waals surface area contributed by atoms with Crippen molar-refractivity contribution in [2.75, 3.05) is 11.1 Å². The molecule has 1 heterocycles. The van der Waals surface area contributed by atoms with Crippen molar-refractivity contribution >= 4 is 40.6 Å². The van der Waals surface area contributed by atoms with E-state index in [9.17, 15) is 9.59 Å². The molecule has 1 amide bonds. The Balaban J connectivity index is 2.61. The average Bonchev–Trinajstić information content (AvgIpc) is 2.46. The van der Waals surface area contributed by atoms with Crippen molar-refractivity contribution in [3.63, 3.8) is 0 Å². The van der Waals surface area contributed by atoms with E-state index in [-0.39, 0.29) is 21.8 Å². The summed E-state index contributed by atoms with van der Waals surface area (Å²) < 4.78 is 29.5. The third kappa shape index (κ3) is 1.85. The second-order valence-electron chi connectivity index (χ2n) is 2.88. The summed E-state index contributed by atoms with van der Waals surface area (Å²) in [6.07, 6.45) is -2.30. The van der Waals surface area contributed by atoms with Gasteiger partial charge in [0.1, 0.15) is 0 Å². The van der Waals surface area contributed by atoms with Crippen LogP contribution in [0.25, 0.3) is 0 Å². The summed E-state index contributed by atoms with van der Waals surface area (Å²) in [4.78, 5) is 23.2. The maximum absolute atomic E-state index is 11.8. The highest BCUT2D eigenvalue weighted by Gasteiger charge is 2.21. The lowest BCUT2D eigenvalue weighted by Gasteiger charge is -2.04. The van der Waals surface area contributed by atoms with Crippen LogP contribution in [-0.2, 0) is 11.2 Å². The van der Waals surface area contributed by atoms with Gasteiger partial charge in [0.25, 0.3) is 0 Å². The number of benzene rings is 1. The molecular weight excluding hydrogens is 237 g/mol. The zero-order valence-corrected chi connectivity index (χ0v) is 8.74. The van der Waals surface area contributed by atoms with E-state index < -0.39 is 23.9 Å². The van der Waals surface area contributed by atoms with Crippen LogP contribution in [0.15, 0.2) is 12.1 Å². The number of fused-ring (bicyclic) bond motifs is 1. The van der Waals surface area contributed by atoms with Crippen LogP contribution in [0, 0.1) is 0 Å². The molecule has 2 rings (SSSR count). The Bertz CT molecular complexity index is 598. The number of hydrogen-bond donors (Lipinski definition) is 1. The largest absolute Gasteiger partial charge is 0.325 e. The van der Waals surface area contributed by atoms with E-state index in [1.165, 1.54) is 6.07 Å². The van der Waals surface area contributed by atoms with E-state index in [2.05, 4.69) is 5.32 Å². The number of halogens is 2. The highest BCUT2D eigenvalue weighted by Crippen LogP contribution is 2.30. The van der Waals surface area contributed by atoms with Gasteiger partial charge < -0.3 is 5.32 Å². The van der Waals surface area contributed by atoms with Gasteiger partial charge in [0.05, 0.1) is 20.0 Å². The third-order valence-corrected chi connectivity index (χ3v) is 2.42. The first-order chi connectivity index (χ1) is 8.55. The summed E-state index contributed by atoms with van der Waals surface area (Å²) in [5, 5.41) is 2.19. The van der Waals surface area contributed by atoms with E-state index in [4.69, 9.17) is 28.7 Å². The molecule has 1 aromatic carbocycles. The predicted molar refractivity (Wildman–Crippen MR) is 58.8 cm³/mol. The summed E-state index contributed by atoms with van der Waals surface area (Å²) in [5.74, 6) is -4.60. The second-order valence-corrected chi connectivity index (χ2v) is 3.48. The molecule has 0 atom stereocenters. The summed E-state index contributed by atoms with van der Waals surface area (Å²) in [6, 6.07) is 2.26. The molecule has 0 bridgehead atoms. The lowest BCUT2D eigenvalue weighted by Crippen LogP contribution is -2.03. The first-order valence-electron chi connectivity index (χ1n) is 5.94. The Labute approximate surface area is 102 Å². The molecule has 5 heteroatoms. The van der Waals surface area contributed by atoms with Crippen molar-refractivity contribution in [2.45, 2.75) is 6.37 Å². The minimum absolute atomic E-state index is 0.0637. The molecule has 3 nitrogen and oxygen atoms in total. The SMILES string of the molecule is [2H]C([2H])(Cl)C(=O)c1cc2c(cc1Cl)NC(=O)C2([2H])[2H]. The fourth-order valence-corrected chi connectivity index (χ4v) is 1.63. The number of rotatable bonds is 2. The van der Waals surface area contributed by atoms with Gasteiger partial charge in [-0.2, -0.15) is 0 Å². The minimum atomic E-state index is -2.65. The highest BCUT2D eigenvalue weighted by atomic mass is 35.5. The van der Waals surface area contributed by atoms with Crippen molar-refractivity contribution in [2.24, 2.45) is 0 Å². The zero-order chi connectivity index (χ0) is 14.6. The number of Topliss-reactive ketones (excluding diaryl/α,β-unsaturated/α-hetero) is 1. The molecule has 0 saturated carbocycles. The molecule has 1 aliphatic heterocycles. The summed E-state index contributed by atoms with van der Waals surface area (Å²) in [6.45, 7) is 0. The maximum Gasteiger partial charge on any atom is 0.228 e. The summed E-state index contributed by atoms with van der Waals surface area (Å²) in [7, 11) is 0. The minimum Gasteiger partial charge on any atom is -0.325 e. The predicted octanol–water partition coefficient (Wildman–Crippen LogP) is 2.26. The van der Waals surface area contributed by atoms with Crippen LogP contribution in [0.3, 0.4) is 0 Å². The monoisotopic (exact) mass is 247 g/mol. The summed E-state index contributed by atoms with van der Waals surface area (Å²) in [5.41, 5.74) is -0.168. The fourth-order valence-electron chi connectivity index (χ4n) is 1.28. The Morgan fingerprint density at radius 3 is 3.07 bits per heavy atom. The number of carbonyl (C=O) groups is 2. The van der Waals surface area contributed by atoms with Crippen LogP contribution in [-0.4, -0.2) is 17.5 Å². The van der Waals surface area contributed by atoms with Gasteiger partial charge in [0, 0.05) is 14.0 Å². The van der Waals surface area contributed by atoms with Crippen molar-refractivity contribution in [1.82, 2.24) is 0 Å². The molecule has 0 aromatic heterocycles. The molecular formula is C10H7Cl2NO2. The van der Waals surface area contributed by atoms with E-state index >= 15 is 0 Å². The number of carbonyl (C=O) groups excluding carboxylic acids is 2. The number of amides is 1. The molecule has 0 spiro atoms. The van der Waals surface area contributed by atoms with Gasteiger partial charge in [-0.1, -0.05) is 11.6 Å². The first-order valence-corrected chi connectivity index (χ1v) is 4.70. The summed E-state index contributed by atoms with van der Waals surface area (Å²) >= 11 is 11.1. The van der Waals surface area contributed by atoms with Gasteiger partial charge in [-0.3, -0.25) is 9.59 Å². The topological polar surface area (TPSA) is 46.2 Å². The standard InChI is InChI=1S/C10H7Cl2NO2/c11-4-9(14)6-1-5-2-10(15)13-8(5)3-7(6)12/h1,3H,2,4H2,(H,13,15)/i2D2,4D2. The van der Waals surface area contributed by atoms with Crippen molar-refractivity contribution in [1.29, 1.82) is 0 Å². The van der Waals surface area contributed by atoms with E-state index in [0.717, 1.165) is 6.07 Å². The lowest BCUT2D eigenvalue weighted by molar-refractivity contribution is -0.115. The van der Waals surface area contributed by atoms with E-state index in [1.54, 1.807) is 0 Å². The molecule has 0 radical (unpaired) electrons. The van der Waals surface area contributed by atoms with Crippen LogP contribution in [0.4, 0.5) is 5.69 Å². The molecule has 0 unspecified atom stereocenters. The molecule has 0 fully saturated rings. The smallest absolute Gasteiger partial charge is 0.228 e. The van der Waals surface area contributed by atoms with Gasteiger partial charge in [-0.05, 0) is 17.7 Å². The lowest BCUT2D eigenvalue weighted by atomic mass is 10.1. The zero-order valence-electron chi connectivity index (χ0n) is 11.2. The quantitative estimate of drug-likeness (QED) is 0.644. The second kappa shape index (κ2) is 3.83. The first kappa shape index (κ1) is 6.51. The molecule has 1 N–H and O–H groups in total. The highest BCUT2D eigenvalue weighted by molar-refractivity contribution is 6.37. The van der Waals surface area contributed by atoms with Crippen LogP contribution >= 0.6 is 23.2 Å². The molecule has 1 aromatic rings. The van der Waals surface area contributed by atoms with Gasteiger partial charge in [-0.25, -0.2) is 0 Å². The van der Waals surface area contributed by atoms with Crippen molar-refractivity contribution in [3.05, 3.63) is 28.3 Å². The van der Waals surface area contributed by atoms with Gasteiger partial charge >= 0.3 is 0 Å². The fraction of sp³-hybridized carbons (Fsp3) is 0.200. The van der Waals surface area contributed by atoms with Crippen LogP contribution in [0.5, 0.6) is 0 Å². The number of ketones is 1. The number of anilines is 1. The van der Waals surface area contributed by atoms with Crippen molar-refractivity contribution in [3.8, 4) is 0 Å². The van der Waals surface area contributed by atoms with Crippen molar-refractivity contribution < 1.29 is 15.1 Å². The third-order valence-electron chi connectivity index (χ3n) is 1.93. The molecule has 0 saturated heterocycles. The molecule has 78 valence electrons. The van der Waals surface area contributed by atoms with Gasteiger partial charge in [-0.15, -0.1) is 11.6 Å². The molecule has 15 heavy (non-hydrogen) atoms. The number of nitrogens with one attached hydrogen (secondary N) is 1. The average molecular weight is 248 g/mol. The number of hydrogen-bond acceptors (Lipinski definition) is 2. The Morgan fingerprint density at radius 2 is 2.40 bits per heavy atom. The Morgan fingerprint density at radius 1 is 1.67 bits per heavy atom. The molecule has 1 aliphatic rings. The maximum atomic E-state index is 11.8. The Kier molecular flexibility index (Phi) is 1.66. The Hall–Kier alpha value is -1.06. The van der Waals surface area contributed by atoms with Crippen LogP contribution < -0.4 is 5.32 Å². The van der Waals surface area contributed by atoms with Crippen LogP contribution in [0.1, 0.15) is 21.4 Å². The van der Waals surface area contributed by atoms with Crippen LogP contribution in [0.2, 0.25) is 5.02 Å². The number of alkyl halides is 1. The van der Waals surface area contributed by atoms with E-state index in [0.29, 0.717) is 0 Å². The molecule has 0 aliphatic carbocycles.